The quantitative estimate of drug-likeness (QED) is 0.457. The van der Waals surface area contributed by atoms with Crippen LogP contribution in [0.5, 0.6) is 17.2 Å². The van der Waals surface area contributed by atoms with Gasteiger partial charge in [0, 0.05) is 0 Å². The van der Waals surface area contributed by atoms with Crippen LogP contribution in [0.3, 0.4) is 0 Å². The molecule has 0 spiro atoms. The summed E-state index contributed by atoms with van der Waals surface area (Å²) in [6.45, 7) is 0. The number of hydrogen-bond donors (Lipinski definition) is 0. The van der Waals surface area contributed by atoms with Crippen LogP contribution in [0.15, 0.2) is 91.0 Å². The number of benzene rings is 3. The molecule has 0 saturated heterocycles. The fourth-order valence-electron chi connectivity index (χ4n) is 2.02. The zero-order chi connectivity index (χ0) is 16.0. The van der Waals surface area contributed by atoms with Gasteiger partial charge >= 0.3 is 149 Å². The third kappa shape index (κ3) is 4.66. The van der Waals surface area contributed by atoms with Crippen LogP contribution < -0.4 is 14.2 Å². The summed E-state index contributed by atoms with van der Waals surface area (Å²) in [4.78, 5) is 0. The Balaban J connectivity index is 1.85. The Bertz CT molecular complexity index is 616. The SMILES string of the molecule is [SnH][C](Oc1ccccc1)(Oc1ccccc1)Oc1ccccc1. The zero-order valence-corrected chi connectivity index (χ0v) is 15.8. The van der Waals surface area contributed by atoms with E-state index in [0.717, 1.165) is 0 Å². The van der Waals surface area contributed by atoms with Crippen LogP contribution in [0.4, 0.5) is 0 Å². The molecule has 0 aliphatic heterocycles. The van der Waals surface area contributed by atoms with E-state index in [1.54, 1.807) is 0 Å². The van der Waals surface area contributed by atoms with Gasteiger partial charge in [-0.15, -0.1) is 0 Å². The van der Waals surface area contributed by atoms with Crippen molar-refractivity contribution < 1.29 is 14.2 Å². The van der Waals surface area contributed by atoms with E-state index in [1.165, 1.54) is 0 Å². The minimum absolute atomic E-state index is 0.586. The molecule has 4 heteroatoms. The molecule has 0 aliphatic carbocycles. The maximum atomic E-state index is 6.02. The average molecular weight is 411 g/mol. The van der Waals surface area contributed by atoms with E-state index in [0.29, 0.717) is 39.8 Å². The summed E-state index contributed by atoms with van der Waals surface area (Å²) >= 11 is 0.586. The van der Waals surface area contributed by atoms with E-state index in [1.807, 2.05) is 91.0 Å². The topological polar surface area (TPSA) is 27.7 Å². The zero-order valence-electron chi connectivity index (χ0n) is 12.5. The fourth-order valence-corrected chi connectivity index (χ4v) is 3.19. The standard InChI is InChI=1S/C19H15O3.Sn.H/c1-4-10-16(11-5-1)20-19(21-17-12-6-2-7-13-17)22-18-14-8-3-9-15-18;;/h1-15H;;. The summed E-state index contributed by atoms with van der Waals surface area (Å²) in [6, 6.07) is 28.6. The Morgan fingerprint density at radius 1 is 0.478 bits per heavy atom. The second-order valence-corrected chi connectivity index (χ2v) is 6.87. The van der Waals surface area contributed by atoms with E-state index in [4.69, 9.17) is 14.2 Å². The van der Waals surface area contributed by atoms with Gasteiger partial charge in [-0.2, -0.15) is 0 Å². The second kappa shape index (κ2) is 7.42. The first-order valence-corrected chi connectivity index (χ1v) is 8.89. The van der Waals surface area contributed by atoms with Gasteiger partial charge in [0.15, 0.2) is 0 Å². The number of para-hydroxylation sites is 3. The number of hydrogen-bond acceptors (Lipinski definition) is 3. The first-order chi connectivity index (χ1) is 11.2. The third-order valence-corrected chi connectivity index (χ3v) is 4.02. The van der Waals surface area contributed by atoms with E-state index in [2.05, 4.69) is 0 Å². The summed E-state index contributed by atoms with van der Waals surface area (Å²) in [5, 5.41) is 0. The molecule has 3 rings (SSSR count). The van der Waals surface area contributed by atoms with Crippen molar-refractivity contribution in [3.8, 4) is 17.2 Å². The molecule has 2 radical (unpaired) electrons. The van der Waals surface area contributed by atoms with Crippen molar-refractivity contribution in [3.05, 3.63) is 91.0 Å². The molecule has 114 valence electrons. The van der Waals surface area contributed by atoms with Gasteiger partial charge in [0.25, 0.3) is 0 Å². The second-order valence-electron chi connectivity index (χ2n) is 4.85. The molecule has 0 saturated carbocycles. The first-order valence-electron chi connectivity index (χ1n) is 7.25. The van der Waals surface area contributed by atoms with Crippen LogP contribution in [-0.2, 0) is 0 Å². The Morgan fingerprint density at radius 2 is 0.739 bits per heavy atom. The van der Waals surface area contributed by atoms with E-state index in [9.17, 15) is 0 Å². The first kappa shape index (κ1) is 15.7. The van der Waals surface area contributed by atoms with Crippen molar-refractivity contribution in [2.45, 2.75) is 3.99 Å². The molecule has 0 atom stereocenters. The molecule has 0 heterocycles. The van der Waals surface area contributed by atoms with Gasteiger partial charge in [-0.1, -0.05) is 0 Å². The van der Waals surface area contributed by atoms with Crippen LogP contribution >= 0.6 is 0 Å². The molecule has 0 aromatic heterocycles. The van der Waals surface area contributed by atoms with Gasteiger partial charge in [-0.25, -0.2) is 0 Å². The van der Waals surface area contributed by atoms with Crippen molar-refractivity contribution in [2.75, 3.05) is 0 Å². The summed E-state index contributed by atoms with van der Waals surface area (Å²) in [7, 11) is 0. The monoisotopic (exact) mass is 412 g/mol. The van der Waals surface area contributed by atoms with Crippen LogP contribution in [0.25, 0.3) is 0 Å². The predicted octanol–water partition coefficient (Wildman–Crippen LogP) is 3.74. The molecule has 0 aliphatic rings. The predicted molar refractivity (Wildman–Crippen MR) is 91.1 cm³/mol. The Labute approximate surface area is 148 Å². The van der Waals surface area contributed by atoms with E-state index >= 15 is 0 Å². The molecule has 0 fully saturated rings. The van der Waals surface area contributed by atoms with Gasteiger partial charge in [-0.3, -0.25) is 0 Å². The van der Waals surface area contributed by atoms with Crippen molar-refractivity contribution in [2.24, 2.45) is 0 Å². The van der Waals surface area contributed by atoms with Gasteiger partial charge in [0.1, 0.15) is 0 Å². The summed E-state index contributed by atoms with van der Waals surface area (Å²) < 4.78 is 16.9. The Morgan fingerprint density at radius 3 is 1.00 bits per heavy atom. The molecular weight excluding hydrogens is 395 g/mol. The average Bonchev–Trinajstić information content (AvgIpc) is 2.57. The van der Waals surface area contributed by atoms with Crippen molar-refractivity contribution in [1.82, 2.24) is 0 Å². The molecule has 3 aromatic rings. The van der Waals surface area contributed by atoms with Gasteiger partial charge in [0.05, 0.1) is 0 Å². The maximum absolute atomic E-state index is 6.02. The fraction of sp³-hybridized carbons (Fsp3) is 0.0526. The summed E-state index contributed by atoms with van der Waals surface area (Å²) in [6.07, 6.45) is 0. The van der Waals surface area contributed by atoms with Gasteiger partial charge in [0.2, 0.25) is 0 Å². The molecule has 3 nitrogen and oxygen atoms in total. The van der Waals surface area contributed by atoms with Gasteiger partial charge in [-0.05, 0) is 0 Å². The molecule has 23 heavy (non-hydrogen) atoms. The van der Waals surface area contributed by atoms with Crippen LogP contribution in [-0.4, -0.2) is 26.5 Å². The third-order valence-electron chi connectivity index (χ3n) is 3.01. The van der Waals surface area contributed by atoms with Crippen molar-refractivity contribution in [3.63, 3.8) is 0 Å². The molecular formula is C19H16O3Sn. The molecule has 3 aromatic carbocycles. The Kier molecular flexibility index (Phi) is 5.08. The van der Waals surface area contributed by atoms with E-state index in [-0.39, 0.29) is 0 Å². The molecule has 0 unspecified atom stereocenters. The molecule has 0 amide bonds. The summed E-state index contributed by atoms with van der Waals surface area (Å²) in [5.41, 5.74) is 0. The van der Waals surface area contributed by atoms with Crippen LogP contribution in [0.2, 0.25) is 0 Å². The van der Waals surface area contributed by atoms with Crippen LogP contribution in [0.1, 0.15) is 0 Å². The Hall–Kier alpha value is -2.14. The molecule has 0 bridgehead atoms. The number of rotatable bonds is 6. The van der Waals surface area contributed by atoms with Crippen molar-refractivity contribution >= 4 is 22.5 Å². The summed E-state index contributed by atoms with van der Waals surface area (Å²) in [5.74, 6) is 2.10. The van der Waals surface area contributed by atoms with Crippen LogP contribution in [0, 0.1) is 0 Å². The van der Waals surface area contributed by atoms with Crippen molar-refractivity contribution in [1.29, 1.82) is 0 Å². The van der Waals surface area contributed by atoms with E-state index < -0.39 is 3.99 Å². The normalized spacial score (nSPS) is 10.8. The van der Waals surface area contributed by atoms with Gasteiger partial charge < -0.3 is 0 Å². The minimum atomic E-state index is -1.16. The molecule has 0 N–H and O–H groups in total. The number of ether oxygens (including phenoxy) is 3.